The van der Waals surface area contributed by atoms with Gasteiger partial charge in [-0.15, -0.1) is 0 Å². The molecule has 7 atom stereocenters. The van der Waals surface area contributed by atoms with Gasteiger partial charge < -0.3 is 72.3 Å². The van der Waals surface area contributed by atoms with Gasteiger partial charge in [0.25, 0.3) is 0 Å². The topological polar surface area (TPSA) is 333 Å². The number of aliphatic carboxylic acids is 1. The van der Waals surface area contributed by atoms with Crippen LogP contribution in [0.1, 0.15) is 150 Å². The molecule has 11 N–H and O–H groups in total. The molecule has 0 aliphatic carbocycles. The fraction of sp³-hybridized carbons (Fsp3) is 0.809. The van der Waals surface area contributed by atoms with Gasteiger partial charge in [0.2, 0.25) is 29.5 Å². The van der Waals surface area contributed by atoms with Crippen LogP contribution >= 0.6 is 0 Å². The van der Waals surface area contributed by atoms with E-state index in [0.29, 0.717) is 0 Å². The van der Waals surface area contributed by atoms with E-state index in [0.717, 1.165) is 0 Å². The van der Waals surface area contributed by atoms with Crippen molar-refractivity contribution in [3.63, 3.8) is 0 Å². The first-order valence-electron chi connectivity index (χ1n) is 23.9. The van der Waals surface area contributed by atoms with Crippen LogP contribution in [0.25, 0.3) is 0 Å². The van der Waals surface area contributed by atoms with Crippen LogP contribution in [0.4, 0.5) is 14.4 Å². The zero-order valence-electron chi connectivity index (χ0n) is 44.7. The maximum absolute atomic E-state index is 14.3. The fourth-order valence-electron chi connectivity index (χ4n) is 6.34. The van der Waals surface area contributed by atoms with Crippen LogP contribution in [0.3, 0.4) is 0 Å². The van der Waals surface area contributed by atoms with Crippen LogP contribution in [0.5, 0.6) is 0 Å². The van der Waals surface area contributed by atoms with Crippen molar-refractivity contribution in [2.24, 2.45) is 17.6 Å². The predicted octanol–water partition coefficient (Wildman–Crippen LogP) is 2.86. The fourth-order valence-corrected chi connectivity index (χ4v) is 6.34. The summed E-state index contributed by atoms with van der Waals surface area (Å²) in [4.78, 5) is 119. The predicted molar refractivity (Wildman–Crippen MR) is 261 cm³/mol. The van der Waals surface area contributed by atoms with Crippen molar-refractivity contribution in [1.82, 2.24) is 42.5 Å². The third-order valence-corrected chi connectivity index (χ3v) is 9.18. The summed E-state index contributed by atoms with van der Waals surface area (Å²) in [5.74, 6) is -5.88. The third-order valence-electron chi connectivity index (χ3n) is 9.18. The summed E-state index contributed by atoms with van der Waals surface area (Å²) >= 11 is 0. The van der Waals surface area contributed by atoms with E-state index in [2.05, 4.69) is 42.5 Å². The van der Waals surface area contributed by atoms with Gasteiger partial charge in [0.15, 0.2) is 6.04 Å². The average molecular weight is 1000 g/mol. The number of ether oxygens (including phenoxy) is 4. The summed E-state index contributed by atoms with van der Waals surface area (Å²) in [6.07, 6.45) is -3.72. The van der Waals surface area contributed by atoms with Gasteiger partial charge in [-0.05, 0) is 134 Å². The highest BCUT2D eigenvalue weighted by molar-refractivity contribution is 5.96. The van der Waals surface area contributed by atoms with E-state index in [1.165, 1.54) is 6.92 Å². The standard InChI is InChI=1S/C47H87N9O14/c1-26(2)24-32(54-35(57)29(48)18-21-49-41(64)68-45(9,10)11)39(61)55-33(25-27(3)4)38(60)53-30(19-22-50-42(65)69-46(12,13)14)36(58)52-31(20-23-51-43(66)70-47(15,16)17)37(59)56-34(40(62)63)28(5)67-44(6,7)8/h26-34H,18-25,48H2,1-17H3,(H,49,64)(H,50,65)(H,51,66)(H,52,58)(H,53,60)(H,54,57)(H,55,61)(H,56,59)(H,62,63)/t28-,29+,30+,31+,32-,33+,34+/m1/s1. The molecule has 0 aromatic rings. The molecule has 8 amide bonds. The van der Waals surface area contributed by atoms with Crippen molar-refractivity contribution in [2.45, 2.75) is 215 Å². The Kier molecular flexibility index (Phi) is 26.8. The quantitative estimate of drug-likeness (QED) is 0.0557. The minimum absolute atomic E-state index is 0.00602. The van der Waals surface area contributed by atoms with E-state index in [9.17, 15) is 48.3 Å². The zero-order chi connectivity index (χ0) is 54.5. The van der Waals surface area contributed by atoms with Crippen LogP contribution in [0.15, 0.2) is 0 Å². The maximum Gasteiger partial charge on any atom is 0.407 e. The van der Waals surface area contributed by atoms with E-state index < -0.39 is 119 Å². The summed E-state index contributed by atoms with van der Waals surface area (Å²) in [7, 11) is 0. The first-order chi connectivity index (χ1) is 31.8. The molecule has 0 aromatic heterocycles. The first kappa shape index (κ1) is 64.5. The van der Waals surface area contributed by atoms with Crippen molar-refractivity contribution in [3.05, 3.63) is 0 Å². The molecule has 0 heterocycles. The van der Waals surface area contributed by atoms with E-state index in [1.54, 1.807) is 96.9 Å². The van der Waals surface area contributed by atoms with Crippen LogP contribution in [-0.2, 0) is 47.7 Å². The van der Waals surface area contributed by atoms with Gasteiger partial charge >= 0.3 is 24.2 Å². The number of nitrogens with two attached hydrogens (primary N) is 1. The Morgan fingerprint density at radius 3 is 1.06 bits per heavy atom. The molecule has 0 fully saturated rings. The molecular formula is C47H87N9O14. The smallest absolute Gasteiger partial charge is 0.407 e. The Morgan fingerprint density at radius 2 is 0.743 bits per heavy atom. The number of carboxylic acids is 1. The van der Waals surface area contributed by atoms with Gasteiger partial charge in [0.1, 0.15) is 41.0 Å². The minimum Gasteiger partial charge on any atom is -0.480 e. The Hall–Kier alpha value is -5.45. The number of amides is 8. The molecule has 0 aromatic carbocycles. The highest BCUT2D eigenvalue weighted by Crippen LogP contribution is 2.15. The van der Waals surface area contributed by atoms with Crippen LogP contribution in [0.2, 0.25) is 0 Å². The molecule has 0 radical (unpaired) electrons. The Balaban J connectivity index is 6.80. The molecule has 70 heavy (non-hydrogen) atoms. The molecule has 23 nitrogen and oxygen atoms in total. The van der Waals surface area contributed by atoms with Crippen molar-refractivity contribution in [3.8, 4) is 0 Å². The van der Waals surface area contributed by atoms with E-state index in [-0.39, 0.29) is 63.6 Å². The van der Waals surface area contributed by atoms with Gasteiger partial charge in [-0.1, -0.05) is 27.7 Å². The SMILES string of the molecule is CC(C)C[C@H](NC(=O)[C@@H](CC(C)C)NC(=O)[C@@H](N)CCNC(=O)OC(C)(C)C)C(=O)N[C@@H](CCNC(=O)OC(C)(C)C)C(=O)N[C@@H](CCNC(=O)OC(C)(C)C)C(=O)N[C@H](C(=O)O)[C@@H](C)OC(C)(C)C. The summed E-state index contributed by atoms with van der Waals surface area (Å²) < 4.78 is 21.6. The van der Waals surface area contributed by atoms with Crippen LogP contribution < -0.4 is 48.3 Å². The lowest BCUT2D eigenvalue weighted by Gasteiger charge is -2.31. The normalized spacial score (nSPS) is 15.1. The molecule has 0 bridgehead atoms. The number of carbonyl (C=O) groups is 9. The molecule has 0 saturated carbocycles. The Morgan fingerprint density at radius 1 is 0.443 bits per heavy atom. The number of carboxylic acid groups (broad SMARTS) is 1. The molecule has 0 aliphatic heterocycles. The van der Waals surface area contributed by atoms with Crippen molar-refractivity contribution >= 4 is 53.8 Å². The van der Waals surface area contributed by atoms with Gasteiger partial charge in [-0.3, -0.25) is 24.0 Å². The molecule has 404 valence electrons. The van der Waals surface area contributed by atoms with Crippen molar-refractivity contribution in [2.75, 3.05) is 19.6 Å². The van der Waals surface area contributed by atoms with Gasteiger partial charge in [0, 0.05) is 19.6 Å². The number of hydrogen-bond donors (Lipinski definition) is 10. The Labute approximate surface area is 414 Å². The van der Waals surface area contributed by atoms with E-state index >= 15 is 0 Å². The summed E-state index contributed by atoms with van der Waals surface area (Å²) in [6.45, 7) is 28.4. The Bertz CT molecular complexity index is 1750. The summed E-state index contributed by atoms with van der Waals surface area (Å²) in [5.41, 5.74) is 2.86. The van der Waals surface area contributed by atoms with Crippen LogP contribution in [-0.4, -0.2) is 143 Å². The first-order valence-corrected chi connectivity index (χ1v) is 23.9. The van der Waals surface area contributed by atoms with Gasteiger partial charge in [-0.2, -0.15) is 0 Å². The summed E-state index contributed by atoms with van der Waals surface area (Å²) in [6, 6.07) is -8.17. The third kappa shape index (κ3) is 30.2. The molecule has 0 aliphatic rings. The van der Waals surface area contributed by atoms with E-state index in [1.807, 2.05) is 13.8 Å². The lowest BCUT2D eigenvalue weighted by Crippen LogP contribution is -2.60. The second-order valence-electron chi connectivity index (χ2n) is 22.0. The average Bonchev–Trinajstić information content (AvgIpc) is 3.14. The molecular weight excluding hydrogens is 915 g/mol. The van der Waals surface area contributed by atoms with Crippen LogP contribution in [0, 0.1) is 11.8 Å². The zero-order valence-corrected chi connectivity index (χ0v) is 44.7. The lowest BCUT2D eigenvalue weighted by atomic mass is 9.99. The molecule has 23 heteroatoms. The number of rotatable bonds is 26. The monoisotopic (exact) mass is 1000 g/mol. The number of carbonyl (C=O) groups excluding carboxylic acids is 8. The van der Waals surface area contributed by atoms with E-state index in [4.69, 9.17) is 24.7 Å². The highest BCUT2D eigenvalue weighted by Gasteiger charge is 2.36. The second kappa shape index (κ2) is 29.0. The molecule has 0 saturated heterocycles. The minimum atomic E-state index is -1.58. The lowest BCUT2D eigenvalue weighted by molar-refractivity contribution is -0.150. The van der Waals surface area contributed by atoms with Gasteiger partial charge in [0.05, 0.1) is 17.7 Å². The van der Waals surface area contributed by atoms with Gasteiger partial charge in [-0.25, -0.2) is 19.2 Å². The number of hydrogen-bond acceptors (Lipinski definition) is 14. The number of nitrogens with one attached hydrogen (secondary N) is 8. The second-order valence-corrected chi connectivity index (χ2v) is 22.0. The highest BCUT2D eigenvalue weighted by atomic mass is 16.6. The van der Waals surface area contributed by atoms with Crippen molar-refractivity contribution < 1.29 is 67.2 Å². The molecule has 0 rings (SSSR count). The number of alkyl carbamates (subject to hydrolysis) is 3. The molecule has 0 unspecified atom stereocenters. The summed E-state index contributed by atoms with van der Waals surface area (Å²) in [5, 5.41) is 30.6. The van der Waals surface area contributed by atoms with Crippen molar-refractivity contribution in [1.29, 1.82) is 0 Å². The largest absolute Gasteiger partial charge is 0.480 e. The molecule has 0 spiro atoms. The maximum atomic E-state index is 14.3.